The monoisotopic (exact) mass is 265 g/mol. The third kappa shape index (κ3) is 3.92. The van der Waals surface area contributed by atoms with Crippen molar-refractivity contribution in [3.63, 3.8) is 0 Å². The van der Waals surface area contributed by atoms with Gasteiger partial charge in [0.25, 0.3) is 0 Å². The Hall–Kier alpha value is -1.62. The number of nitrogens with two attached hydrogens (primary N) is 1. The Kier molecular flexibility index (Phi) is 4.37. The lowest BCUT2D eigenvalue weighted by atomic mass is 9.91. The fourth-order valence-electron chi connectivity index (χ4n) is 2.49. The van der Waals surface area contributed by atoms with Gasteiger partial charge in [0.1, 0.15) is 5.82 Å². The molecule has 4 nitrogen and oxygen atoms in total. The summed E-state index contributed by atoms with van der Waals surface area (Å²) in [4.78, 5) is 11.0. The standard InChI is InChI=1S/C14H20FN3O/c1-9(19)17-14-8-12(5-6-13(14)15)18-11-4-2-3-10(16)7-11/h5-6,8,10-11,18H,2-4,7,16H2,1H3,(H,17,19). The molecule has 2 rings (SSSR count). The fraction of sp³-hybridized carbons (Fsp3) is 0.500. The second kappa shape index (κ2) is 6.02. The van der Waals surface area contributed by atoms with Gasteiger partial charge in [-0.15, -0.1) is 0 Å². The fourth-order valence-corrected chi connectivity index (χ4v) is 2.49. The van der Waals surface area contributed by atoms with Crippen LogP contribution in [-0.2, 0) is 4.79 Å². The van der Waals surface area contributed by atoms with Gasteiger partial charge in [0.15, 0.2) is 0 Å². The van der Waals surface area contributed by atoms with Crippen LogP contribution in [0.25, 0.3) is 0 Å². The van der Waals surface area contributed by atoms with Gasteiger partial charge < -0.3 is 16.4 Å². The second-order valence-corrected chi connectivity index (χ2v) is 5.14. The van der Waals surface area contributed by atoms with Crippen LogP contribution in [0.3, 0.4) is 0 Å². The molecule has 0 spiro atoms. The van der Waals surface area contributed by atoms with Crippen LogP contribution in [0.15, 0.2) is 18.2 Å². The van der Waals surface area contributed by atoms with Gasteiger partial charge in [0.2, 0.25) is 5.91 Å². The van der Waals surface area contributed by atoms with Crippen molar-refractivity contribution in [3.8, 4) is 0 Å². The van der Waals surface area contributed by atoms with Crippen LogP contribution in [0.5, 0.6) is 0 Å². The average molecular weight is 265 g/mol. The molecule has 1 fully saturated rings. The zero-order chi connectivity index (χ0) is 13.8. The summed E-state index contributed by atoms with van der Waals surface area (Å²) in [5.74, 6) is -0.711. The summed E-state index contributed by atoms with van der Waals surface area (Å²) < 4.78 is 13.5. The molecule has 1 amide bonds. The van der Waals surface area contributed by atoms with Gasteiger partial charge >= 0.3 is 0 Å². The number of anilines is 2. The minimum absolute atomic E-state index is 0.206. The molecule has 2 unspecified atom stereocenters. The van der Waals surface area contributed by atoms with E-state index in [1.807, 2.05) is 0 Å². The summed E-state index contributed by atoms with van der Waals surface area (Å²) in [6.07, 6.45) is 4.17. The molecule has 19 heavy (non-hydrogen) atoms. The zero-order valence-corrected chi connectivity index (χ0v) is 11.1. The van der Waals surface area contributed by atoms with E-state index < -0.39 is 5.82 Å². The maximum Gasteiger partial charge on any atom is 0.221 e. The molecule has 1 aromatic carbocycles. The van der Waals surface area contributed by atoms with Crippen molar-refractivity contribution in [1.82, 2.24) is 0 Å². The number of carbonyl (C=O) groups excluding carboxylic acids is 1. The maximum atomic E-state index is 13.5. The quantitative estimate of drug-likeness (QED) is 0.786. The van der Waals surface area contributed by atoms with E-state index in [1.54, 1.807) is 12.1 Å². The van der Waals surface area contributed by atoms with Crippen LogP contribution < -0.4 is 16.4 Å². The molecule has 1 saturated carbocycles. The van der Waals surface area contributed by atoms with Gasteiger partial charge in [0.05, 0.1) is 5.69 Å². The van der Waals surface area contributed by atoms with Gasteiger partial charge in [-0.05, 0) is 43.9 Å². The van der Waals surface area contributed by atoms with Crippen molar-refractivity contribution in [2.45, 2.75) is 44.7 Å². The first-order chi connectivity index (χ1) is 9.04. The third-order valence-electron chi connectivity index (χ3n) is 3.36. The Bertz CT molecular complexity index is 464. The third-order valence-corrected chi connectivity index (χ3v) is 3.36. The van der Waals surface area contributed by atoms with Crippen molar-refractivity contribution in [2.24, 2.45) is 5.73 Å². The topological polar surface area (TPSA) is 67.2 Å². The second-order valence-electron chi connectivity index (χ2n) is 5.14. The predicted octanol–water partition coefficient (Wildman–Crippen LogP) is 2.47. The molecule has 5 heteroatoms. The predicted molar refractivity (Wildman–Crippen MR) is 74.6 cm³/mol. The van der Waals surface area contributed by atoms with E-state index >= 15 is 0 Å². The largest absolute Gasteiger partial charge is 0.382 e. The summed E-state index contributed by atoms with van der Waals surface area (Å²) in [7, 11) is 0. The molecule has 1 aliphatic rings. The molecule has 1 aromatic rings. The first kappa shape index (κ1) is 13.8. The minimum Gasteiger partial charge on any atom is -0.382 e. The van der Waals surface area contributed by atoms with Gasteiger partial charge in [-0.1, -0.05) is 0 Å². The van der Waals surface area contributed by atoms with E-state index in [0.29, 0.717) is 6.04 Å². The molecule has 0 saturated heterocycles. The molecule has 0 heterocycles. The molecule has 0 aliphatic heterocycles. The highest BCUT2D eigenvalue weighted by Gasteiger charge is 2.19. The van der Waals surface area contributed by atoms with Gasteiger partial charge in [-0.25, -0.2) is 4.39 Å². The Balaban J connectivity index is 2.05. The number of hydrogen-bond acceptors (Lipinski definition) is 3. The summed E-state index contributed by atoms with van der Waals surface area (Å²) in [6.45, 7) is 1.36. The highest BCUT2D eigenvalue weighted by atomic mass is 19.1. The SMILES string of the molecule is CC(=O)Nc1cc(NC2CCCC(N)C2)ccc1F. The number of amides is 1. The van der Waals surface area contributed by atoms with Crippen molar-refractivity contribution >= 4 is 17.3 Å². The normalized spacial score (nSPS) is 22.9. The lowest BCUT2D eigenvalue weighted by Crippen LogP contribution is -2.34. The van der Waals surface area contributed by atoms with Crippen LogP contribution in [-0.4, -0.2) is 18.0 Å². The smallest absolute Gasteiger partial charge is 0.221 e. The van der Waals surface area contributed by atoms with Crippen molar-refractivity contribution in [1.29, 1.82) is 0 Å². The summed E-state index contributed by atoms with van der Waals surface area (Å²) >= 11 is 0. The Morgan fingerprint density at radius 3 is 2.89 bits per heavy atom. The maximum absolute atomic E-state index is 13.5. The Morgan fingerprint density at radius 1 is 1.42 bits per heavy atom. The van der Waals surface area contributed by atoms with Crippen LogP contribution in [0, 0.1) is 5.82 Å². The molecule has 4 N–H and O–H groups in total. The number of rotatable bonds is 3. The number of benzene rings is 1. The van der Waals surface area contributed by atoms with E-state index in [1.165, 1.54) is 13.0 Å². The van der Waals surface area contributed by atoms with Crippen molar-refractivity contribution in [2.75, 3.05) is 10.6 Å². The highest BCUT2D eigenvalue weighted by molar-refractivity contribution is 5.89. The summed E-state index contributed by atoms with van der Waals surface area (Å²) in [5.41, 5.74) is 6.96. The van der Waals surface area contributed by atoms with Crippen LogP contribution in [0.4, 0.5) is 15.8 Å². The van der Waals surface area contributed by atoms with E-state index in [-0.39, 0.29) is 17.6 Å². The van der Waals surface area contributed by atoms with Gasteiger partial charge in [0, 0.05) is 24.7 Å². The molecular weight excluding hydrogens is 245 g/mol. The average Bonchev–Trinajstić information content (AvgIpc) is 2.33. The first-order valence-corrected chi connectivity index (χ1v) is 6.64. The van der Waals surface area contributed by atoms with Crippen LogP contribution in [0.1, 0.15) is 32.6 Å². The summed E-state index contributed by atoms with van der Waals surface area (Å²) in [5, 5.41) is 5.84. The van der Waals surface area contributed by atoms with Crippen LogP contribution in [0.2, 0.25) is 0 Å². The lowest BCUT2D eigenvalue weighted by Gasteiger charge is -2.28. The molecule has 104 valence electrons. The zero-order valence-electron chi connectivity index (χ0n) is 11.1. The number of halogens is 1. The molecule has 0 bridgehead atoms. The number of carbonyl (C=O) groups is 1. The van der Waals surface area contributed by atoms with Gasteiger partial charge in [-0.2, -0.15) is 0 Å². The van der Waals surface area contributed by atoms with E-state index in [4.69, 9.17) is 5.73 Å². The Labute approximate surface area is 112 Å². The van der Waals surface area contributed by atoms with E-state index in [0.717, 1.165) is 31.4 Å². The highest BCUT2D eigenvalue weighted by Crippen LogP contribution is 2.24. The molecule has 2 atom stereocenters. The van der Waals surface area contributed by atoms with Crippen LogP contribution >= 0.6 is 0 Å². The van der Waals surface area contributed by atoms with E-state index in [2.05, 4.69) is 10.6 Å². The molecule has 1 aliphatic carbocycles. The molecule has 0 aromatic heterocycles. The minimum atomic E-state index is -0.430. The molecular formula is C14H20FN3O. The summed E-state index contributed by atoms with van der Waals surface area (Å²) in [6, 6.07) is 5.22. The van der Waals surface area contributed by atoms with Gasteiger partial charge in [-0.3, -0.25) is 4.79 Å². The van der Waals surface area contributed by atoms with Crippen molar-refractivity contribution < 1.29 is 9.18 Å². The lowest BCUT2D eigenvalue weighted by molar-refractivity contribution is -0.114. The van der Waals surface area contributed by atoms with E-state index in [9.17, 15) is 9.18 Å². The molecule has 0 radical (unpaired) electrons. The number of nitrogens with one attached hydrogen (secondary N) is 2. The number of hydrogen-bond donors (Lipinski definition) is 3. The first-order valence-electron chi connectivity index (χ1n) is 6.64. The van der Waals surface area contributed by atoms with Crippen molar-refractivity contribution in [3.05, 3.63) is 24.0 Å². The Morgan fingerprint density at radius 2 is 2.21 bits per heavy atom.